The Morgan fingerprint density at radius 3 is 2.85 bits per heavy atom. The first-order valence-electron chi connectivity index (χ1n) is 6.48. The molecule has 0 saturated carbocycles. The van der Waals surface area contributed by atoms with Crippen molar-refractivity contribution in [2.75, 3.05) is 0 Å². The molecule has 1 atom stereocenters. The quantitative estimate of drug-likeness (QED) is 0.785. The van der Waals surface area contributed by atoms with E-state index in [0.717, 1.165) is 26.9 Å². The third kappa shape index (κ3) is 2.76. The molecule has 1 aromatic carbocycles. The number of furan rings is 1. The molecule has 2 N–H and O–H groups in total. The molecular weight excluding hydrogens is 316 g/mol. The number of nitrogens with two attached hydrogens (primary N) is 1. The lowest BCUT2D eigenvalue weighted by molar-refractivity contribution is 0.491. The molecule has 0 fully saturated rings. The van der Waals surface area contributed by atoms with Gasteiger partial charge >= 0.3 is 0 Å². The average Bonchev–Trinajstić information content (AvgIpc) is 2.84. The van der Waals surface area contributed by atoms with Crippen molar-refractivity contribution < 1.29 is 4.42 Å². The zero-order valence-electron chi connectivity index (χ0n) is 11.1. The van der Waals surface area contributed by atoms with Gasteiger partial charge in [0.25, 0.3) is 0 Å². The number of hydrogen-bond donors (Lipinski definition) is 1. The summed E-state index contributed by atoms with van der Waals surface area (Å²) in [6.07, 6.45) is 2.44. The lowest BCUT2D eigenvalue weighted by Gasteiger charge is -2.07. The Morgan fingerprint density at radius 1 is 1.25 bits per heavy atom. The van der Waals surface area contributed by atoms with Crippen LogP contribution >= 0.6 is 15.9 Å². The number of pyridine rings is 1. The summed E-state index contributed by atoms with van der Waals surface area (Å²) in [6.45, 7) is 2.07. The fourth-order valence-electron chi connectivity index (χ4n) is 2.22. The molecule has 0 bridgehead atoms. The van der Waals surface area contributed by atoms with Crippen LogP contribution in [0.15, 0.2) is 51.5 Å². The van der Waals surface area contributed by atoms with Crippen LogP contribution in [0.5, 0.6) is 0 Å². The number of halogens is 1. The van der Waals surface area contributed by atoms with Crippen molar-refractivity contribution in [1.82, 2.24) is 4.98 Å². The summed E-state index contributed by atoms with van der Waals surface area (Å²) in [6, 6.07) is 11.9. The highest BCUT2D eigenvalue weighted by atomic mass is 79.9. The first-order chi connectivity index (χ1) is 9.61. The van der Waals surface area contributed by atoms with Crippen molar-refractivity contribution in [3.8, 4) is 0 Å². The van der Waals surface area contributed by atoms with Crippen LogP contribution < -0.4 is 5.73 Å². The minimum Gasteiger partial charge on any atom is -0.459 e. The second-order valence-electron chi connectivity index (χ2n) is 4.97. The molecular formula is C16H15BrN2O. The third-order valence-corrected chi connectivity index (χ3v) is 3.74. The van der Waals surface area contributed by atoms with Crippen LogP contribution in [0, 0.1) is 6.92 Å². The maximum absolute atomic E-state index is 6.22. The van der Waals surface area contributed by atoms with E-state index in [1.807, 2.05) is 30.3 Å². The molecule has 20 heavy (non-hydrogen) atoms. The van der Waals surface area contributed by atoms with Crippen molar-refractivity contribution in [3.05, 3.63) is 64.1 Å². The molecule has 102 valence electrons. The van der Waals surface area contributed by atoms with Gasteiger partial charge in [0.2, 0.25) is 0 Å². The zero-order chi connectivity index (χ0) is 14.1. The van der Waals surface area contributed by atoms with Gasteiger partial charge in [-0.1, -0.05) is 11.6 Å². The minimum absolute atomic E-state index is 0.184. The van der Waals surface area contributed by atoms with Crippen molar-refractivity contribution in [2.24, 2.45) is 5.73 Å². The topological polar surface area (TPSA) is 52.0 Å². The maximum Gasteiger partial charge on any atom is 0.134 e. The Kier molecular flexibility index (Phi) is 3.59. The monoisotopic (exact) mass is 330 g/mol. The second-order valence-corrected chi connectivity index (χ2v) is 5.88. The zero-order valence-corrected chi connectivity index (χ0v) is 12.7. The molecule has 2 heterocycles. The van der Waals surface area contributed by atoms with Crippen LogP contribution in [-0.4, -0.2) is 4.98 Å². The lowest BCUT2D eigenvalue weighted by atomic mass is 10.1. The van der Waals surface area contributed by atoms with Gasteiger partial charge in [-0.2, -0.15) is 0 Å². The maximum atomic E-state index is 6.22. The summed E-state index contributed by atoms with van der Waals surface area (Å²) < 4.78 is 6.79. The highest BCUT2D eigenvalue weighted by Crippen LogP contribution is 2.25. The number of fused-ring (bicyclic) bond motifs is 1. The predicted octanol–water partition coefficient (Wildman–Crippen LogP) is 4.14. The van der Waals surface area contributed by atoms with E-state index in [1.54, 1.807) is 6.20 Å². The SMILES string of the molecule is Cc1ccc2oc(C(N)Cc3ccc(Br)cn3)cc2c1. The number of aromatic nitrogens is 1. The van der Waals surface area contributed by atoms with Crippen LogP contribution in [0.3, 0.4) is 0 Å². The summed E-state index contributed by atoms with van der Waals surface area (Å²) in [5.74, 6) is 0.801. The summed E-state index contributed by atoms with van der Waals surface area (Å²) >= 11 is 3.37. The van der Waals surface area contributed by atoms with E-state index < -0.39 is 0 Å². The molecule has 0 aliphatic rings. The summed E-state index contributed by atoms with van der Waals surface area (Å²) in [5, 5.41) is 1.10. The molecule has 2 aromatic heterocycles. The minimum atomic E-state index is -0.184. The Morgan fingerprint density at radius 2 is 2.10 bits per heavy atom. The van der Waals surface area contributed by atoms with Gasteiger partial charge in [-0.3, -0.25) is 4.98 Å². The van der Waals surface area contributed by atoms with Crippen LogP contribution in [-0.2, 0) is 6.42 Å². The molecule has 0 aliphatic heterocycles. The molecule has 4 heteroatoms. The highest BCUT2D eigenvalue weighted by Gasteiger charge is 2.13. The van der Waals surface area contributed by atoms with Crippen LogP contribution in [0.4, 0.5) is 0 Å². The number of benzene rings is 1. The Balaban J connectivity index is 1.84. The molecule has 0 radical (unpaired) electrons. The van der Waals surface area contributed by atoms with Gasteiger partial charge in [-0.05, 0) is 53.2 Å². The molecule has 3 nitrogen and oxygen atoms in total. The first-order valence-corrected chi connectivity index (χ1v) is 7.27. The van der Waals surface area contributed by atoms with E-state index in [-0.39, 0.29) is 6.04 Å². The van der Waals surface area contributed by atoms with E-state index in [4.69, 9.17) is 10.2 Å². The predicted molar refractivity (Wildman–Crippen MR) is 83.5 cm³/mol. The molecule has 0 aliphatic carbocycles. The standard InChI is InChI=1S/C16H15BrN2O/c1-10-2-5-15-11(6-10)7-16(20-15)14(18)8-13-4-3-12(17)9-19-13/h2-7,9,14H,8,18H2,1H3. The summed E-state index contributed by atoms with van der Waals surface area (Å²) in [4.78, 5) is 4.34. The van der Waals surface area contributed by atoms with Crippen molar-refractivity contribution >= 4 is 26.9 Å². The number of aryl methyl sites for hydroxylation is 1. The van der Waals surface area contributed by atoms with Crippen molar-refractivity contribution in [2.45, 2.75) is 19.4 Å². The van der Waals surface area contributed by atoms with Gasteiger partial charge < -0.3 is 10.2 Å². The van der Waals surface area contributed by atoms with Gasteiger partial charge in [0.1, 0.15) is 11.3 Å². The molecule has 0 saturated heterocycles. The first kappa shape index (κ1) is 13.3. The lowest BCUT2D eigenvalue weighted by Crippen LogP contribution is -2.13. The van der Waals surface area contributed by atoms with Crippen molar-refractivity contribution in [1.29, 1.82) is 0 Å². The number of hydrogen-bond acceptors (Lipinski definition) is 3. The summed E-state index contributed by atoms with van der Waals surface area (Å²) in [7, 11) is 0. The van der Waals surface area contributed by atoms with Crippen LogP contribution in [0.1, 0.15) is 23.1 Å². The van der Waals surface area contributed by atoms with Crippen LogP contribution in [0.25, 0.3) is 11.0 Å². The summed E-state index contributed by atoms with van der Waals surface area (Å²) in [5.41, 5.74) is 9.27. The fourth-order valence-corrected chi connectivity index (χ4v) is 2.45. The van der Waals surface area contributed by atoms with Gasteiger partial charge in [-0.15, -0.1) is 0 Å². The van der Waals surface area contributed by atoms with E-state index in [2.05, 4.69) is 33.9 Å². The van der Waals surface area contributed by atoms with Crippen LogP contribution in [0.2, 0.25) is 0 Å². The third-order valence-electron chi connectivity index (χ3n) is 3.27. The van der Waals surface area contributed by atoms with Crippen molar-refractivity contribution in [3.63, 3.8) is 0 Å². The van der Waals surface area contributed by atoms with Gasteiger partial charge in [0.05, 0.1) is 6.04 Å². The number of nitrogens with zero attached hydrogens (tertiary/aromatic N) is 1. The van der Waals surface area contributed by atoms with Gasteiger partial charge in [0.15, 0.2) is 0 Å². The largest absolute Gasteiger partial charge is 0.459 e. The Bertz CT molecular complexity index is 734. The fraction of sp³-hybridized carbons (Fsp3) is 0.188. The number of rotatable bonds is 3. The highest BCUT2D eigenvalue weighted by molar-refractivity contribution is 9.10. The van der Waals surface area contributed by atoms with E-state index in [1.165, 1.54) is 5.56 Å². The Labute approximate surface area is 125 Å². The molecule has 1 unspecified atom stereocenters. The van der Waals surface area contributed by atoms with Gasteiger partial charge in [-0.25, -0.2) is 0 Å². The Hall–Kier alpha value is -1.65. The van der Waals surface area contributed by atoms with E-state index in [9.17, 15) is 0 Å². The van der Waals surface area contributed by atoms with E-state index in [0.29, 0.717) is 6.42 Å². The molecule has 3 rings (SSSR count). The average molecular weight is 331 g/mol. The van der Waals surface area contributed by atoms with Gasteiger partial charge in [0, 0.05) is 28.2 Å². The molecule has 0 spiro atoms. The smallest absolute Gasteiger partial charge is 0.134 e. The molecule has 3 aromatic rings. The normalized spacial score (nSPS) is 12.8. The second kappa shape index (κ2) is 5.38. The van der Waals surface area contributed by atoms with E-state index >= 15 is 0 Å². The molecule has 0 amide bonds.